The zero-order valence-electron chi connectivity index (χ0n) is 16.3. The molecule has 1 aromatic carbocycles. The minimum atomic E-state index is 0.447. The molecule has 0 spiro atoms. The average molecular weight is 381 g/mol. The van der Waals surface area contributed by atoms with Gasteiger partial charge in [-0.3, -0.25) is 0 Å². The molecule has 2 heterocycles. The number of hydrogen-bond donors (Lipinski definition) is 2. The summed E-state index contributed by atoms with van der Waals surface area (Å²) in [5, 5.41) is 6.35. The van der Waals surface area contributed by atoms with Crippen LogP contribution in [-0.4, -0.2) is 42.8 Å². The molecule has 0 amide bonds. The lowest BCUT2D eigenvalue weighted by atomic mass is 10.2. The van der Waals surface area contributed by atoms with Crippen LogP contribution in [0.4, 0.5) is 17.5 Å². The number of methoxy groups -OCH3 is 3. The van der Waals surface area contributed by atoms with Crippen LogP contribution in [-0.2, 0) is 0 Å². The van der Waals surface area contributed by atoms with E-state index in [9.17, 15) is 0 Å². The number of nitrogens with one attached hydrogen (secondary N) is 2. The van der Waals surface area contributed by atoms with E-state index in [2.05, 4.69) is 25.6 Å². The average Bonchev–Trinajstić information content (AvgIpc) is 2.74. The Labute approximate surface area is 163 Å². The molecule has 0 bridgehead atoms. The smallest absolute Gasteiger partial charge is 0.227 e. The molecule has 0 aliphatic heterocycles. The van der Waals surface area contributed by atoms with Gasteiger partial charge < -0.3 is 24.8 Å². The maximum Gasteiger partial charge on any atom is 0.227 e. The van der Waals surface area contributed by atoms with E-state index in [-0.39, 0.29) is 0 Å². The topological polar surface area (TPSA) is 90.4 Å². The van der Waals surface area contributed by atoms with E-state index < -0.39 is 0 Å². The number of aromatic nitrogens is 3. The van der Waals surface area contributed by atoms with Gasteiger partial charge in [0.25, 0.3) is 0 Å². The van der Waals surface area contributed by atoms with Gasteiger partial charge in [-0.1, -0.05) is 0 Å². The first-order chi connectivity index (χ1) is 13.7. The number of ether oxygens (including phenoxy) is 3. The summed E-state index contributed by atoms with van der Waals surface area (Å²) in [6, 6.07) is 9.32. The van der Waals surface area contributed by atoms with Crippen molar-refractivity contribution in [1.82, 2.24) is 15.0 Å². The summed E-state index contributed by atoms with van der Waals surface area (Å²) < 4.78 is 16.1. The van der Waals surface area contributed by atoms with Crippen LogP contribution in [0.15, 0.2) is 42.7 Å². The second kappa shape index (κ2) is 8.90. The van der Waals surface area contributed by atoms with Gasteiger partial charge in [-0.25, -0.2) is 15.0 Å². The minimum absolute atomic E-state index is 0.447. The van der Waals surface area contributed by atoms with E-state index in [1.54, 1.807) is 45.9 Å². The van der Waals surface area contributed by atoms with Crippen molar-refractivity contribution in [2.24, 2.45) is 0 Å². The van der Waals surface area contributed by atoms with Crippen molar-refractivity contribution in [3.63, 3.8) is 0 Å². The number of rotatable bonds is 8. The third-order valence-corrected chi connectivity index (χ3v) is 3.99. The molecule has 0 fully saturated rings. The van der Waals surface area contributed by atoms with Crippen LogP contribution < -0.4 is 24.8 Å². The van der Waals surface area contributed by atoms with Crippen molar-refractivity contribution in [2.75, 3.05) is 38.5 Å². The van der Waals surface area contributed by atoms with Crippen molar-refractivity contribution in [3.8, 4) is 28.5 Å². The molecule has 3 aromatic rings. The number of hydrogen-bond acceptors (Lipinski definition) is 8. The highest BCUT2D eigenvalue weighted by molar-refractivity contribution is 5.67. The Hall–Kier alpha value is -3.55. The fourth-order valence-electron chi connectivity index (χ4n) is 2.69. The zero-order chi connectivity index (χ0) is 19.9. The third kappa shape index (κ3) is 4.22. The second-order valence-electron chi connectivity index (χ2n) is 5.77. The minimum Gasteiger partial charge on any atom is -0.493 e. The largest absolute Gasteiger partial charge is 0.493 e. The first kappa shape index (κ1) is 19.2. The molecule has 146 valence electrons. The third-order valence-electron chi connectivity index (χ3n) is 3.99. The van der Waals surface area contributed by atoms with E-state index in [1.807, 2.05) is 25.1 Å². The molecule has 8 heteroatoms. The van der Waals surface area contributed by atoms with E-state index in [1.165, 1.54) is 0 Å². The lowest BCUT2D eigenvalue weighted by Gasteiger charge is -2.14. The Morgan fingerprint density at radius 1 is 0.929 bits per heavy atom. The van der Waals surface area contributed by atoms with Crippen LogP contribution in [0.2, 0.25) is 0 Å². The summed E-state index contributed by atoms with van der Waals surface area (Å²) in [6.45, 7) is 2.85. The monoisotopic (exact) mass is 381 g/mol. The molecule has 28 heavy (non-hydrogen) atoms. The van der Waals surface area contributed by atoms with Gasteiger partial charge in [0.15, 0.2) is 11.5 Å². The maximum absolute atomic E-state index is 5.38. The first-order valence-electron chi connectivity index (χ1n) is 8.78. The van der Waals surface area contributed by atoms with Gasteiger partial charge >= 0.3 is 0 Å². The molecule has 0 aliphatic carbocycles. The highest BCUT2D eigenvalue weighted by Crippen LogP contribution is 2.40. The zero-order valence-corrected chi connectivity index (χ0v) is 16.3. The SMILES string of the molecule is CCNc1ccc(-c2ccnc(Nc3cc(OC)c(OC)c(OC)c3)n2)cn1. The number of pyridine rings is 1. The van der Waals surface area contributed by atoms with Crippen molar-refractivity contribution in [3.05, 3.63) is 42.7 Å². The molecule has 0 saturated heterocycles. The van der Waals surface area contributed by atoms with Crippen LogP contribution in [0.5, 0.6) is 17.2 Å². The number of benzene rings is 1. The van der Waals surface area contributed by atoms with Crippen LogP contribution in [0.3, 0.4) is 0 Å². The maximum atomic E-state index is 5.38. The Bertz CT molecular complexity index is 906. The Morgan fingerprint density at radius 2 is 1.68 bits per heavy atom. The molecule has 2 aromatic heterocycles. The van der Waals surface area contributed by atoms with Gasteiger partial charge in [-0.15, -0.1) is 0 Å². The van der Waals surface area contributed by atoms with Gasteiger partial charge in [0.1, 0.15) is 5.82 Å². The normalized spacial score (nSPS) is 10.3. The molecule has 0 aliphatic rings. The van der Waals surface area contributed by atoms with E-state index in [0.29, 0.717) is 28.9 Å². The second-order valence-corrected chi connectivity index (χ2v) is 5.77. The highest BCUT2D eigenvalue weighted by atomic mass is 16.5. The fraction of sp³-hybridized carbons (Fsp3) is 0.250. The lowest BCUT2D eigenvalue weighted by molar-refractivity contribution is 0.324. The summed E-state index contributed by atoms with van der Waals surface area (Å²) in [5.74, 6) is 2.89. The van der Waals surface area contributed by atoms with Crippen molar-refractivity contribution in [1.29, 1.82) is 0 Å². The van der Waals surface area contributed by atoms with E-state index in [4.69, 9.17) is 14.2 Å². The quantitative estimate of drug-likeness (QED) is 0.610. The molecular weight excluding hydrogens is 358 g/mol. The predicted molar refractivity (Wildman–Crippen MR) is 109 cm³/mol. The van der Waals surface area contributed by atoms with Gasteiger partial charge in [-0.2, -0.15) is 0 Å². The molecule has 2 N–H and O–H groups in total. The molecule has 0 saturated carbocycles. The summed E-state index contributed by atoms with van der Waals surface area (Å²) in [6.07, 6.45) is 3.48. The van der Waals surface area contributed by atoms with E-state index in [0.717, 1.165) is 23.6 Å². The predicted octanol–water partition coefficient (Wildman–Crippen LogP) is 3.74. The van der Waals surface area contributed by atoms with E-state index >= 15 is 0 Å². The Morgan fingerprint density at radius 3 is 2.25 bits per heavy atom. The van der Waals surface area contributed by atoms with Crippen molar-refractivity contribution < 1.29 is 14.2 Å². The molecule has 8 nitrogen and oxygen atoms in total. The standard InChI is InChI=1S/C20H23N5O3/c1-5-21-18-7-6-13(12-23-18)15-8-9-22-20(25-15)24-14-10-16(26-2)19(28-4)17(11-14)27-3/h6-12H,5H2,1-4H3,(H,21,23)(H,22,24,25). The fourth-order valence-corrected chi connectivity index (χ4v) is 2.69. The van der Waals surface area contributed by atoms with Gasteiger partial charge in [0.2, 0.25) is 11.7 Å². The Kier molecular flexibility index (Phi) is 6.11. The van der Waals surface area contributed by atoms with Gasteiger partial charge in [-0.05, 0) is 25.1 Å². The van der Waals surface area contributed by atoms with Gasteiger partial charge in [0, 0.05) is 42.3 Å². The number of anilines is 3. The first-order valence-corrected chi connectivity index (χ1v) is 8.78. The van der Waals surface area contributed by atoms with Crippen molar-refractivity contribution >= 4 is 17.5 Å². The molecular formula is C20H23N5O3. The van der Waals surface area contributed by atoms with Crippen molar-refractivity contribution in [2.45, 2.75) is 6.92 Å². The number of nitrogens with zero attached hydrogens (tertiary/aromatic N) is 3. The van der Waals surface area contributed by atoms with Crippen LogP contribution in [0.1, 0.15) is 6.92 Å². The highest BCUT2D eigenvalue weighted by Gasteiger charge is 2.14. The Balaban J connectivity index is 1.87. The van der Waals surface area contributed by atoms with Crippen LogP contribution >= 0.6 is 0 Å². The van der Waals surface area contributed by atoms with Gasteiger partial charge in [0.05, 0.1) is 27.0 Å². The summed E-state index contributed by atoms with van der Waals surface area (Å²) in [7, 11) is 4.71. The molecule has 3 rings (SSSR count). The van der Waals surface area contributed by atoms with Crippen LogP contribution in [0, 0.1) is 0 Å². The summed E-state index contributed by atoms with van der Waals surface area (Å²) in [4.78, 5) is 13.2. The molecule has 0 atom stereocenters. The summed E-state index contributed by atoms with van der Waals surface area (Å²) in [5.41, 5.74) is 2.38. The lowest BCUT2D eigenvalue weighted by Crippen LogP contribution is -2.01. The summed E-state index contributed by atoms with van der Waals surface area (Å²) >= 11 is 0. The molecule has 0 unspecified atom stereocenters. The van der Waals surface area contributed by atoms with Crippen LogP contribution in [0.25, 0.3) is 11.3 Å². The molecule has 0 radical (unpaired) electrons.